The van der Waals surface area contributed by atoms with E-state index >= 15 is 0 Å². The van der Waals surface area contributed by atoms with E-state index in [0.29, 0.717) is 6.07 Å². The molecule has 0 aliphatic heterocycles. The molecule has 0 aliphatic rings. The zero-order valence-corrected chi connectivity index (χ0v) is 11.0. The lowest BCUT2D eigenvalue weighted by molar-refractivity contribution is 0.0698. The molecule has 2 aromatic carbocycles. The van der Waals surface area contributed by atoms with E-state index < -0.39 is 34.7 Å². The highest BCUT2D eigenvalue weighted by Gasteiger charge is 2.19. The van der Waals surface area contributed by atoms with Gasteiger partial charge >= 0.3 is 5.97 Å². The summed E-state index contributed by atoms with van der Waals surface area (Å²) in [7, 11) is 0. The molecule has 0 amide bonds. The molecular formula is C13H8ClF3N2O2. The summed E-state index contributed by atoms with van der Waals surface area (Å²) in [5.74, 6) is -4.35. The predicted octanol–water partition coefficient (Wildman–Crippen LogP) is 3.78. The Kier molecular flexibility index (Phi) is 3.95. The Labute approximate surface area is 121 Å². The highest BCUT2D eigenvalue weighted by molar-refractivity contribution is 6.33. The minimum atomic E-state index is -1.51. The standard InChI is InChI=1S/C13H8ClF3N2O2/c14-6-3-5(15)4-8(17)12(6)19-9-2-1-7(16)11(18)10(9)13(20)21/h1-4,19H,18H2,(H,20,21). The molecule has 0 heterocycles. The second-order valence-electron chi connectivity index (χ2n) is 4.06. The van der Waals surface area contributed by atoms with Crippen molar-refractivity contribution in [2.24, 2.45) is 0 Å². The van der Waals surface area contributed by atoms with Gasteiger partial charge < -0.3 is 16.2 Å². The molecule has 0 saturated heterocycles. The van der Waals surface area contributed by atoms with Gasteiger partial charge in [0.1, 0.15) is 17.2 Å². The van der Waals surface area contributed by atoms with Crippen molar-refractivity contribution in [2.75, 3.05) is 11.1 Å². The van der Waals surface area contributed by atoms with Gasteiger partial charge in [0.05, 0.1) is 22.1 Å². The topological polar surface area (TPSA) is 75.3 Å². The lowest BCUT2D eigenvalue weighted by Crippen LogP contribution is -2.09. The van der Waals surface area contributed by atoms with Gasteiger partial charge in [0.15, 0.2) is 5.82 Å². The number of nitrogens with two attached hydrogens (primary N) is 1. The summed E-state index contributed by atoms with van der Waals surface area (Å²) in [4.78, 5) is 11.1. The van der Waals surface area contributed by atoms with E-state index in [1.807, 2.05) is 0 Å². The average molecular weight is 317 g/mol. The molecule has 0 bridgehead atoms. The van der Waals surface area contributed by atoms with Crippen molar-refractivity contribution in [1.29, 1.82) is 0 Å². The molecule has 0 atom stereocenters. The van der Waals surface area contributed by atoms with Crippen LogP contribution in [-0.2, 0) is 0 Å². The molecule has 0 radical (unpaired) electrons. The highest BCUT2D eigenvalue weighted by Crippen LogP contribution is 2.33. The molecule has 110 valence electrons. The number of nitrogens with one attached hydrogen (secondary N) is 1. The maximum Gasteiger partial charge on any atom is 0.340 e. The third-order valence-electron chi connectivity index (χ3n) is 2.67. The first-order valence-corrected chi connectivity index (χ1v) is 5.92. The Hall–Kier alpha value is -2.41. The van der Waals surface area contributed by atoms with Crippen LogP contribution in [0.2, 0.25) is 5.02 Å². The number of anilines is 3. The lowest BCUT2D eigenvalue weighted by Gasteiger charge is -2.14. The Morgan fingerprint density at radius 3 is 2.43 bits per heavy atom. The zero-order chi connectivity index (χ0) is 15.7. The SMILES string of the molecule is Nc1c(F)ccc(Nc2c(F)cc(F)cc2Cl)c1C(=O)O. The molecule has 2 aromatic rings. The van der Waals surface area contributed by atoms with E-state index in [9.17, 15) is 18.0 Å². The van der Waals surface area contributed by atoms with Crippen LogP contribution in [0.4, 0.5) is 30.2 Å². The summed E-state index contributed by atoms with van der Waals surface area (Å²) in [6.07, 6.45) is 0. The van der Waals surface area contributed by atoms with E-state index in [4.69, 9.17) is 22.4 Å². The number of aromatic carboxylic acids is 1. The minimum Gasteiger partial charge on any atom is -0.478 e. The van der Waals surface area contributed by atoms with Crippen LogP contribution in [0.3, 0.4) is 0 Å². The monoisotopic (exact) mass is 316 g/mol. The van der Waals surface area contributed by atoms with Gasteiger partial charge in [0, 0.05) is 6.07 Å². The van der Waals surface area contributed by atoms with Gasteiger partial charge in [-0.3, -0.25) is 0 Å². The number of hydrogen-bond acceptors (Lipinski definition) is 3. The summed E-state index contributed by atoms with van der Waals surface area (Å²) in [6, 6.07) is 3.40. The van der Waals surface area contributed by atoms with Crippen LogP contribution >= 0.6 is 11.6 Å². The largest absolute Gasteiger partial charge is 0.478 e. The molecular weight excluding hydrogens is 309 g/mol. The van der Waals surface area contributed by atoms with Gasteiger partial charge in [-0.15, -0.1) is 0 Å². The van der Waals surface area contributed by atoms with Gasteiger partial charge in [-0.1, -0.05) is 11.6 Å². The number of benzene rings is 2. The van der Waals surface area contributed by atoms with E-state index in [1.54, 1.807) is 0 Å². The normalized spacial score (nSPS) is 10.5. The lowest BCUT2D eigenvalue weighted by atomic mass is 10.1. The van der Waals surface area contributed by atoms with Gasteiger partial charge in [-0.2, -0.15) is 0 Å². The van der Waals surface area contributed by atoms with Crippen LogP contribution in [0, 0.1) is 17.5 Å². The van der Waals surface area contributed by atoms with Crippen LogP contribution in [0.1, 0.15) is 10.4 Å². The van der Waals surface area contributed by atoms with Crippen LogP contribution in [-0.4, -0.2) is 11.1 Å². The van der Waals surface area contributed by atoms with Crippen LogP contribution < -0.4 is 11.1 Å². The summed E-state index contributed by atoms with van der Waals surface area (Å²) in [6.45, 7) is 0. The molecule has 0 aliphatic carbocycles. The van der Waals surface area contributed by atoms with Crippen molar-refractivity contribution in [3.63, 3.8) is 0 Å². The molecule has 0 saturated carbocycles. The van der Waals surface area contributed by atoms with Gasteiger partial charge in [-0.05, 0) is 18.2 Å². The predicted molar refractivity (Wildman–Crippen MR) is 72.4 cm³/mol. The number of halogens is 4. The molecule has 8 heteroatoms. The van der Waals surface area contributed by atoms with Gasteiger partial charge in [-0.25, -0.2) is 18.0 Å². The zero-order valence-electron chi connectivity index (χ0n) is 10.3. The van der Waals surface area contributed by atoms with Crippen molar-refractivity contribution >= 4 is 34.6 Å². The minimum absolute atomic E-state index is 0.172. The second-order valence-corrected chi connectivity index (χ2v) is 4.47. The van der Waals surface area contributed by atoms with Crippen molar-refractivity contribution in [1.82, 2.24) is 0 Å². The Morgan fingerprint density at radius 1 is 1.19 bits per heavy atom. The third-order valence-corrected chi connectivity index (χ3v) is 2.97. The van der Waals surface area contributed by atoms with Gasteiger partial charge in [0.25, 0.3) is 0 Å². The second kappa shape index (κ2) is 5.53. The maximum atomic E-state index is 13.7. The Balaban J connectivity index is 2.55. The van der Waals surface area contributed by atoms with Crippen molar-refractivity contribution in [3.8, 4) is 0 Å². The number of carboxylic acid groups (broad SMARTS) is 1. The van der Waals surface area contributed by atoms with E-state index in [-0.39, 0.29) is 16.4 Å². The molecule has 0 fully saturated rings. The molecule has 2 rings (SSSR count). The summed E-state index contributed by atoms with van der Waals surface area (Å²) < 4.78 is 39.9. The molecule has 0 unspecified atom stereocenters. The maximum absolute atomic E-state index is 13.7. The first-order valence-electron chi connectivity index (χ1n) is 5.54. The molecule has 0 spiro atoms. The van der Waals surface area contributed by atoms with Gasteiger partial charge in [0.2, 0.25) is 0 Å². The Morgan fingerprint density at radius 2 is 1.86 bits per heavy atom. The van der Waals surface area contributed by atoms with E-state index in [2.05, 4.69) is 5.32 Å². The summed E-state index contributed by atoms with van der Waals surface area (Å²) in [5, 5.41) is 11.1. The molecule has 21 heavy (non-hydrogen) atoms. The van der Waals surface area contributed by atoms with Crippen LogP contribution in [0.5, 0.6) is 0 Å². The Bertz CT molecular complexity index is 715. The number of nitrogen functional groups attached to an aromatic ring is 1. The average Bonchev–Trinajstić information content (AvgIpc) is 2.37. The highest BCUT2D eigenvalue weighted by atomic mass is 35.5. The van der Waals surface area contributed by atoms with E-state index in [1.165, 1.54) is 0 Å². The van der Waals surface area contributed by atoms with Crippen molar-refractivity contribution in [3.05, 3.63) is 52.3 Å². The third kappa shape index (κ3) is 2.87. The number of hydrogen-bond donors (Lipinski definition) is 3. The quantitative estimate of drug-likeness (QED) is 0.753. The van der Waals surface area contributed by atoms with E-state index in [0.717, 1.165) is 18.2 Å². The summed E-state index contributed by atoms with van der Waals surface area (Å²) >= 11 is 5.69. The van der Waals surface area contributed by atoms with Crippen LogP contribution in [0.15, 0.2) is 24.3 Å². The molecule has 0 aromatic heterocycles. The number of rotatable bonds is 3. The fourth-order valence-electron chi connectivity index (χ4n) is 1.72. The van der Waals surface area contributed by atoms with Crippen molar-refractivity contribution in [2.45, 2.75) is 0 Å². The first-order chi connectivity index (χ1) is 9.81. The fraction of sp³-hybridized carbons (Fsp3) is 0. The molecule has 4 N–H and O–H groups in total. The number of carbonyl (C=O) groups is 1. The summed E-state index contributed by atoms with van der Waals surface area (Å²) in [5.41, 5.74) is 3.66. The van der Waals surface area contributed by atoms with Crippen LogP contribution in [0.25, 0.3) is 0 Å². The molecule has 4 nitrogen and oxygen atoms in total. The fourth-order valence-corrected chi connectivity index (χ4v) is 1.97. The smallest absolute Gasteiger partial charge is 0.340 e. The first kappa shape index (κ1) is 15.0. The van der Waals surface area contributed by atoms with Crippen molar-refractivity contribution < 1.29 is 23.1 Å². The number of carboxylic acids is 1.